The van der Waals surface area contributed by atoms with E-state index in [1.54, 1.807) is 6.07 Å². The molecule has 0 unspecified atom stereocenters. The molecule has 0 aromatic heterocycles. The molecule has 9 heteroatoms. The minimum absolute atomic E-state index is 0.0830. The van der Waals surface area contributed by atoms with Crippen LogP contribution >= 0.6 is 35.4 Å². The molecule has 0 atom stereocenters. The van der Waals surface area contributed by atoms with Crippen molar-refractivity contribution in [2.45, 2.75) is 0 Å². The van der Waals surface area contributed by atoms with Crippen molar-refractivity contribution in [3.63, 3.8) is 0 Å². The van der Waals surface area contributed by atoms with Gasteiger partial charge in [0, 0.05) is 21.7 Å². The predicted molar refractivity (Wildman–Crippen MR) is 93.2 cm³/mol. The highest BCUT2D eigenvalue weighted by Crippen LogP contribution is 2.23. The first-order valence-corrected chi connectivity index (χ1v) is 7.35. The SMILES string of the molecule is O=C(NC(=S)Nc1ccccc1[N+](=O)[O-])c1cc(Cl)cc(Cl)c1. The topological polar surface area (TPSA) is 84.3 Å². The van der Waals surface area contributed by atoms with Gasteiger partial charge in [-0.25, -0.2) is 0 Å². The summed E-state index contributed by atoms with van der Waals surface area (Å²) in [5, 5.41) is 16.5. The lowest BCUT2D eigenvalue weighted by Crippen LogP contribution is -2.34. The summed E-state index contributed by atoms with van der Waals surface area (Å²) in [6, 6.07) is 10.3. The van der Waals surface area contributed by atoms with Crippen molar-refractivity contribution < 1.29 is 9.72 Å². The molecule has 0 saturated heterocycles. The van der Waals surface area contributed by atoms with Crippen molar-refractivity contribution in [3.8, 4) is 0 Å². The maximum absolute atomic E-state index is 12.1. The van der Waals surface area contributed by atoms with Gasteiger partial charge in [-0.1, -0.05) is 35.3 Å². The van der Waals surface area contributed by atoms with Crippen molar-refractivity contribution in [1.82, 2.24) is 5.32 Å². The van der Waals surface area contributed by atoms with E-state index in [0.717, 1.165) is 0 Å². The largest absolute Gasteiger partial charge is 0.327 e. The van der Waals surface area contributed by atoms with Gasteiger partial charge in [0.25, 0.3) is 11.6 Å². The Bertz CT molecular complexity index is 778. The van der Waals surface area contributed by atoms with Gasteiger partial charge in [0.15, 0.2) is 5.11 Å². The van der Waals surface area contributed by atoms with E-state index in [-0.39, 0.29) is 22.1 Å². The standard InChI is InChI=1S/C14H9Cl2N3O3S/c15-9-5-8(6-10(16)7-9)13(20)18-14(23)17-11-3-1-2-4-12(11)19(21)22/h1-7H,(H2,17,18,20,23). The van der Waals surface area contributed by atoms with Gasteiger partial charge >= 0.3 is 0 Å². The normalized spacial score (nSPS) is 10.0. The smallest absolute Gasteiger partial charge is 0.292 e. The zero-order chi connectivity index (χ0) is 17.0. The van der Waals surface area contributed by atoms with Gasteiger partial charge < -0.3 is 5.32 Å². The van der Waals surface area contributed by atoms with E-state index in [1.165, 1.54) is 36.4 Å². The van der Waals surface area contributed by atoms with Gasteiger partial charge in [-0.15, -0.1) is 0 Å². The average Bonchev–Trinajstić information content (AvgIpc) is 2.46. The molecule has 2 aromatic rings. The molecular formula is C14H9Cl2N3O3S. The van der Waals surface area contributed by atoms with Crippen LogP contribution in [-0.4, -0.2) is 15.9 Å². The van der Waals surface area contributed by atoms with Crippen LogP contribution in [0.3, 0.4) is 0 Å². The number of rotatable bonds is 3. The first-order chi connectivity index (χ1) is 10.9. The number of anilines is 1. The minimum Gasteiger partial charge on any atom is -0.327 e. The molecule has 2 rings (SSSR count). The molecule has 0 bridgehead atoms. The first kappa shape index (κ1) is 17.1. The van der Waals surface area contributed by atoms with Crippen molar-refractivity contribution in [1.29, 1.82) is 0 Å². The molecule has 0 saturated carbocycles. The number of thiocarbonyl (C=S) groups is 1. The van der Waals surface area contributed by atoms with Crippen LogP contribution < -0.4 is 10.6 Å². The van der Waals surface area contributed by atoms with Crippen LogP contribution in [-0.2, 0) is 0 Å². The highest BCUT2D eigenvalue weighted by molar-refractivity contribution is 7.80. The maximum Gasteiger partial charge on any atom is 0.292 e. The number of nitrogens with zero attached hydrogens (tertiary/aromatic N) is 1. The number of carbonyl (C=O) groups is 1. The Hall–Kier alpha value is -2.22. The highest BCUT2D eigenvalue weighted by atomic mass is 35.5. The van der Waals surface area contributed by atoms with Gasteiger partial charge in [-0.3, -0.25) is 20.2 Å². The van der Waals surface area contributed by atoms with E-state index in [9.17, 15) is 14.9 Å². The van der Waals surface area contributed by atoms with Crippen LogP contribution in [0.4, 0.5) is 11.4 Å². The Labute approximate surface area is 146 Å². The summed E-state index contributed by atoms with van der Waals surface area (Å²) < 4.78 is 0. The van der Waals surface area contributed by atoms with Crippen molar-refractivity contribution in [2.24, 2.45) is 0 Å². The number of nitrogens with one attached hydrogen (secondary N) is 2. The van der Waals surface area contributed by atoms with E-state index in [2.05, 4.69) is 10.6 Å². The number of nitro groups is 1. The van der Waals surface area contributed by atoms with Gasteiger partial charge in [0.05, 0.1) is 4.92 Å². The molecule has 23 heavy (non-hydrogen) atoms. The lowest BCUT2D eigenvalue weighted by Gasteiger charge is -2.10. The Balaban J connectivity index is 2.11. The molecule has 2 aromatic carbocycles. The van der Waals surface area contributed by atoms with Gasteiger partial charge in [-0.05, 0) is 36.5 Å². The maximum atomic E-state index is 12.1. The quantitative estimate of drug-likeness (QED) is 0.484. The number of para-hydroxylation sites is 2. The van der Waals surface area contributed by atoms with Crippen molar-refractivity contribution in [2.75, 3.05) is 5.32 Å². The summed E-state index contributed by atoms with van der Waals surface area (Å²) >= 11 is 16.6. The second-order valence-electron chi connectivity index (χ2n) is 4.34. The molecule has 0 heterocycles. The fourth-order valence-corrected chi connectivity index (χ4v) is 2.48. The molecule has 0 spiro atoms. The number of amides is 1. The van der Waals surface area contributed by atoms with E-state index < -0.39 is 10.8 Å². The van der Waals surface area contributed by atoms with Gasteiger partial charge in [0.2, 0.25) is 0 Å². The summed E-state index contributed by atoms with van der Waals surface area (Å²) in [6.45, 7) is 0. The molecule has 0 aliphatic carbocycles. The molecule has 118 valence electrons. The molecular weight excluding hydrogens is 361 g/mol. The van der Waals surface area contributed by atoms with Crippen LogP contribution in [0.15, 0.2) is 42.5 Å². The van der Waals surface area contributed by atoms with Gasteiger partial charge in [-0.2, -0.15) is 0 Å². The molecule has 0 aliphatic rings. The number of hydrogen-bond donors (Lipinski definition) is 2. The fourth-order valence-electron chi connectivity index (χ4n) is 1.75. The number of hydrogen-bond acceptors (Lipinski definition) is 4. The molecule has 1 amide bonds. The van der Waals surface area contributed by atoms with E-state index in [0.29, 0.717) is 10.0 Å². The van der Waals surface area contributed by atoms with Crippen molar-refractivity contribution >= 4 is 57.8 Å². The summed E-state index contributed by atoms with van der Waals surface area (Å²) in [7, 11) is 0. The van der Waals surface area contributed by atoms with Crippen LogP contribution in [0.1, 0.15) is 10.4 Å². The highest BCUT2D eigenvalue weighted by Gasteiger charge is 2.15. The minimum atomic E-state index is -0.552. The average molecular weight is 370 g/mol. The third-order valence-corrected chi connectivity index (χ3v) is 3.34. The lowest BCUT2D eigenvalue weighted by atomic mass is 10.2. The Morgan fingerprint density at radius 2 is 1.74 bits per heavy atom. The molecule has 2 N–H and O–H groups in total. The van der Waals surface area contributed by atoms with Crippen LogP contribution in [0.25, 0.3) is 0 Å². The van der Waals surface area contributed by atoms with Crippen LogP contribution in [0.5, 0.6) is 0 Å². The molecule has 0 fully saturated rings. The second-order valence-corrected chi connectivity index (χ2v) is 5.62. The first-order valence-electron chi connectivity index (χ1n) is 6.18. The molecule has 6 nitrogen and oxygen atoms in total. The number of halogens is 2. The molecule has 0 radical (unpaired) electrons. The number of benzene rings is 2. The summed E-state index contributed by atoms with van der Waals surface area (Å²) in [4.78, 5) is 22.5. The zero-order valence-corrected chi connectivity index (χ0v) is 13.7. The second kappa shape index (κ2) is 7.36. The van der Waals surface area contributed by atoms with E-state index in [1.807, 2.05) is 0 Å². The Morgan fingerprint density at radius 1 is 1.13 bits per heavy atom. The summed E-state index contributed by atoms with van der Waals surface area (Å²) in [5.74, 6) is -0.537. The van der Waals surface area contributed by atoms with E-state index in [4.69, 9.17) is 35.4 Å². The lowest BCUT2D eigenvalue weighted by molar-refractivity contribution is -0.383. The Morgan fingerprint density at radius 3 is 2.35 bits per heavy atom. The summed E-state index contributed by atoms with van der Waals surface area (Å²) in [5.41, 5.74) is 0.232. The van der Waals surface area contributed by atoms with E-state index >= 15 is 0 Å². The van der Waals surface area contributed by atoms with Gasteiger partial charge in [0.1, 0.15) is 5.69 Å². The third-order valence-electron chi connectivity index (χ3n) is 2.70. The molecule has 0 aliphatic heterocycles. The predicted octanol–water partition coefficient (Wildman–Crippen LogP) is 4.03. The van der Waals surface area contributed by atoms with Crippen LogP contribution in [0, 0.1) is 10.1 Å². The third kappa shape index (κ3) is 4.62. The monoisotopic (exact) mass is 369 g/mol. The zero-order valence-electron chi connectivity index (χ0n) is 11.4. The summed E-state index contributed by atoms with van der Waals surface area (Å²) in [6.07, 6.45) is 0. The van der Waals surface area contributed by atoms with Crippen LogP contribution in [0.2, 0.25) is 10.0 Å². The number of nitro benzene ring substituents is 1. The van der Waals surface area contributed by atoms with Crippen molar-refractivity contribution in [3.05, 3.63) is 68.2 Å². The number of carbonyl (C=O) groups excluding carboxylic acids is 1. The Kier molecular flexibility index (Phi) is 5.49. The fraction of sp³-hybridized carbons (Fsp3) is 0.